The summed E-state index contributed by atoms with van der Waals surface area (Å²) in [6, 6.07) is 1.91. The van der Waals surface area contributed by atoms with Gasteiger partial charge in [0, 0.05) is 41.9 Å². The molecule has 5 nitrogen and oxygen atoms in total. The molecule has 0 saturated heterocycles. The maximum atomic E-state index is 11.3. The van der Waals surface area contributed by atoms with E-state index in [4.69, 9.17) is 0 Å². The number of pyridine rings is 1. The topological polar surface area (TPSA) is 59.8 Å². The number of halogens is 1. The quantitative estimate of drug-likeness (QED) is 0.932. The van der Waals surface area contributed by atoms with Crippen LogP contribution in [0.15, 0.2) is 35.3 Å². The molecule has 0 bridgehead atoms. The lowest BCUT2D eigenvalue weighted by Gasteiger charge is -2.06. The Kier molecular flexibility index (Phi) is 3.53. The zero-order chi connectivity index (χ0) is 12.3. The molecule has 0 saturated carbocycles. The molecule has 2 aromatic heterocycles. The Morgan fingerprint density at radius 1 is 1.53 bits per heavy atom. The molecule has 0 fully saturated rings. The van der Waals surface area contributed by atoms with E-state index < -0.39 is 0 Å². The zero-order valence-corrected chi connectivity index (χ0v) is 10.8. The number of hydrogen-bond acceptors (Lipinski definition) is 3. The third-order valence-corrected chi connectivity index (χ3v) is 2.71. The Hall–Kier alpha value is -1.69. The van der Waals surface area contributed by atoms with Crippen LogP contribution in [0.5, 0.6) is 0 Å². The molecule has 17 heavy (non-hydrogen) atoms. The second-order valence-electron chi connectivity index (χ2n) is 3.44. The van der Waals surface area contributed by atoms with E-state index in [0.29, 0.717) is 0 Å². The molecule has 0 aliphatic rings. The minimum absolute atomic E-state index is 0.0628. The summed E-state index contributed by atoms with van der Waals surface area (Å²) in [7, 11) is 1.61. The molecule has 1 amide bonds. The van der Waals surface area contributed by atoms with Gasteiger partial charge in [-0.1, -0.05) is 0 Å². The second-order valence-corrected chi connectivity index (χ2v) is 4.36. The fourth-order valence-corrected chi connectivity index (χ4v) is 1.83. The maximum Gasteiger partial charge on any atom is 0.239 e. The Morgan fingerprint density at radius 3 is 3.06 bits per heavy atom. The van der Waals surface area contributed by atoms with Gasteiger partial charge in [0.25, 0.3) is 0 Å². The molecule has 0 radical (unpaired) electrons. The van der Waals surface area contributed by atoms with Crippen molar-refractivity contribution < 1.29 is 4.79 Å². The van der Waals surface area contributed by atoms with Crippen molar-refractivity contribution in [3.8, 4) is 11.4 Å². The highest BCUT2D eigenvalue weighted by atomic mass is 79.9. The summed E-state index contributed by atoms with van der Waals surface area (Å²) >= 11 is 3.36. The molecular weight excluding hydrogens is 284 g/mol. The van der Waals surface area contributed by atoms with Gasteiger partial charge in [0.15, 0.2) is 0 Å². The molecule has 88 valence electrons. The van der Waals surface area contributed by atoms with Crippen LogP contribution in [0.1, 0.15) is 0 Å². The van der Waals surface area contributed by atoms with E-state index in [1.807, 2.05) is 6.07 Å². The van der Waals surface area contributed by atoms with E-state index in [1.54, 1.807) is 36.4 Å². The van der Waals surface area contributed by atoms with E-state index in [9.17, 15) is 4.79 Å². The Labute approximate surface area is 107 Å². The van der Waals surface area contributed by atoms with Gasteiger partial charge >= 0.3 is 0 Å². The van der Waals surface area contributed by atoms with Crippen molar-refractivity contribution in [3.63, 3.8) is 0 Å². The summed E-state index contributed by atoms with van der Waals surface area (Å²) in [5.74, 6) is 0.662. The molecule has 0 spiro atoms. The van der Waals surface area contributed by atoms with Crippen LogP contribution in [0, 0.1) is 0 Å². The van der Waals surface area contributed by atoms with E-state index >= 15 is 0 Å². The average Bonchev–Trinajstić information content (AvgIpc) is 2.77. The number of amides is 1. The van der Waals surface area contributed by atoms with Crippen molar-refractivity contribution in [2.45, 2.75) is 6.54 Å². The Bertz CT molecular complexity index is 538. The SMILES string of the molecule is CNC(=O)Cn1ccnc1-c1cncc(Br)c1. The lowest BCUT2D eigenvalue weighted by Crippen LogP contribution is -2.23. The third kappa shape index (κ3) is 2.71. The standard InChI is InChI=1S/C11H11BrN4O/c1-13-10(17)7-16-3-2-15-11(16)8-4-9(12)6-14-5-8/h2-6H,7H2,1H3,(H,13,17). The molecule has 2 heterocycles. The van der Waals surface area contributed by atoms with Gasteiger partial charge in [-0.05, 0) is 22.0 Å². The lowest BCUT2D eigenvalue weighted by atomic mass is 10.2. The zero-order valence-electron chi connectivity index (χ0n) is 9.22. The van der Waals surface area contributed by atoms with Gasteiger partial charge < -0.3 is 9.88 Å². The summed E-state index contributed by atoms with van der Waals surface area (Å²) in [6.07, 6.45) is 6.85. The van der Waals surface area contributed by atoms with Crippen molar-refractivity contribution in [1.29, 1.82) is 0 Å². The molecule has 1 N–H and O–H groups in total. The van der Waals surface area contributed by atoms with Gasteiger partial charge in [0.05, 0.1) is 0 Å². The summed E-state index contributed by atoms with van der Waals surface area (Å²) in [6.45, 7) is 0.248. The Balaban J connectivity index is 2.33. The first-order valence-corrected chi connectivity index (χ1v) is 5.82. The summed E-state index contributed by atoms with van der Waals surface area (Å²) in [5, 5.41) is 2.58. The lowest BCUT2D eigenvalue weighted by molar-refractivity contribution is -0.121. The molecule has 2 aromatic rings. The Morgan fingerprint density at radius 2 is 2.35 bits per heavy atom. The first-order valence-electron chi connectivity index (χ1n) is 5.03. The van der Waals surface area contributed by atoms with Crippen LogP contribution < -0.4 is 5.32 Å². The van der Waals surface area contributed by atoms with Gasteiger partial charge in [-0.3, -0.25) is 9.78 Å². The van der Waals surface area contributed by atoms with Crippen molar-refractivity contribution in [1.82, 2.24) is 19.9 Å². The van der Waals surface area contributed by atoms with Crippen molar-refractivity contribution >= 4 is 21.8 Å². The molecule has 0 aliphatic carbocycles. The molecule has 0 atom stereocenters. The van der Waals surface area contributed by atoms with E-state index in [-0.39, 0.29) is 12.5 Å². The predicted molar refractivity (Wildman–Crippen MR) is 67.2 cm³/mol. The number of carbonyl (C=O) groups excluding carboxylic acids is 1. The van der Waals surface area contributed by atoms with Gasteiger partial charge in [-0.25, -0.2) is 4.98 Å². The highest BCUT2D eigenvalue weighted by molar-refractivity contribution is 9.10. The van der Waals surface area contributed by atoms with Crippen LogP contribution in [0.2, 0.25) is 0 Å². The van der Waals surface area contributed by atoms with Crippen LogP contribution in [-0.2, 0) is 11.3 Å². The molecule has 0 unspecified atom stereocenters. The number of carbonyl (C=O) groups is 1. The summed E-state index contributed by atoms with van der Waals surface area (Å²) in [4.78, 5) is 19.7. The number of aromatic nitrogens is 3. The minimum atomic E-state index is -0.0628. The number of hydrogen-bond donors (Lipinski definition) is 1. The summed E-state index contributed by atoms with van der Waals surface area (Å²) in [5.41, 5.74) is 0.869. The molecular formula is C11H11BrN4O. The number of nitrogens with zero attached hydrogens (tertiary/aromatic N) is 3. The fourth-order valence-electron chi connectivity index (χ4n) is 1.47. The summed E-state index contributed by atoms with van der Waals surface area (Å²) < 4.78 is 2.66. The molecule has 0 aromatic carbocycles. The first-order chi connectivity index (χ1) is 8.20. The average molecular weight is 295 g/mol. The molecule has 6 heteroatoms. The van der Waals surface area contributed by atoms with Crippen LogP contribution in [-0.4, -0.2) is 27.5 Å². The van der Waals surface area contributed by atoms with Gasteiger partial charge in [-0.15, -0.1) is 0 Å². The highest BCUT2D eigenvalue weighted by Crippen LogP contribution is 2.20. The van der Waals surface area contributed by atoms with Crippen LogP contribution in [0.3, 0.4) is 0 Å². The maximum absolute atomic E-state index is 11.3. The number of rotatable bonds is 3. The fraction of sp³-hybridized carbons (Fsp3) is 0.182. The van der Waals surface area contributed by atoms with Crippen LogP contribution in [0.25, 0.3) is 11.4 Å². The van der Waals surface area contributed by atoms with Gasteiger partial charge in [0.1, 0.15) is 12.4 Å². The largest absolute Gasteiger partial charge is 0.358 e. The smallest absolute Gasteiger partial charge is 0.239 e. The van der Waals surface area contributed by atoms with Gasteiger partial charge in [-0.2, -0.15) is 0 Å². The third-order valence-electron chi connectivity index (χ3n) is 2.27. The van der Waals surface area contributed by atoms with Crippen LogP contribution in [0.4, 0.5) is 0 Å². The number of nitrogens with one attached hydrogen (secondary N) is 1. The van der Waals surface area contributed by atoms with E-state index in [1.165, 1.54) is 0 Å². The van der Waals surface area contributed by atoms with Crippen molar-refractivity contribution in [3.05, 3.63) is 35.3 Å². The molecule has 2 rings (SSSR count). The predicted octanol–water partition coefficient (Wildman–Crippen LogP) is 1.45. The first kappa shape index (κ1) is 11.8. The monoisotopic (exact) mass is 294 g/mol. The number of likely N-dealkylation sites (N-methyl/N-ethyl adjacent to an activating group) is 1. The van der Waals surface area contributed by atoms with Crippen LogP contribution >= 0.6 is 15.9 Å². The van der Waals surface area contributed by atoms with Gasteiger partial charge in [0.2, 0.25) is 5.91 Å². The number of imidazole rings is 1. The van der Waals surface area contributed by atoms with Crippen molar-refractivity contribution in [2.75, 3.05) is 7.05 Å². The molecule has 0 aliphatic heterocycles. The van der Waals surface area contributed by atoms with E-state index in [2.05, 4.69) is 31.2 Å². The van der Waals surface area contributed by atoms with E-state index in [0.717, 1.165) is 15.9 Å². The minimum Gasteiger partial charge on any atom is -0.358 e. The van der Waals surface area contributed by atoms with Crippen molar-refractivity contribution in [2.24, 2.45) is 0 Å². The normalized spacial score (nSPS) is 10.2. The highest BCUT2D eigenvalue weighted by Gasteiger charge is 2.09. The second kappa shape index (κ2) is 5.09.